The van der Waals surface area contributed by atoms with Crippen LogP contribution in [-0.4, -0.2) is 31.6 Å². The molecule has 0 bridgehead atoms. The van der Waals surface area contributed by atoms with E-state index in [0.29, 0.717) is 13.1 Å². The van der Waals surface area contributed by atoms with Crippen LogP contribution < -0.4 is 10.1 Å². The maximum absolute atomic E-state index is 12.1. The van der Waals surface area contributed by atoms with Gasteiger partial charge in [-0.25, -0.2) is 4.79 Å². The average molecular weight is 312 g/mol. The molecule has 0 radical (unpaired) electrons. The Morgan fingerprint density at radius 1 is 1.13 bits per heavy atom. The van der Waals surface area contributed by atoms with Crippen molar-refractivity contribution in [3.63, 3.8) is 0 Å². The van der Waals surface area contributed by atoms with Gasteiger partial charge in [-0.2, -0.15) is 0 Å². The molecular formula is C19H24N2O2. The number of nitrogens with zero attached hydrogens (tertiary/aromatic N) is 1. The summed E-state index contributed by atoms with van der Waals surface area (Å²) in [4.78, 5) is 13.8. The third-order valence-electron chi connectivity index (χ3n) is 3.67. The Hall–Kier alpha value is -2.49. The normalized spacial score (nSPS) is 10.2. The smallest absolute Gasteiger partial charge is 0.317 e. The summed E-state index contributed by atoms with van der Waals surface area (Å²) in [6, 6.07) is 16.0. The second kappa shape index (κ2) is 8.22. The molecule has 0 saturated carbocycles. The predicted octanol–water partition coefficient (Wildman–Crippen LogP) is 3.39. The average Bonchev–Trinajstić information content (AvgIpc) is 2.55. The minimum absolute atomic E-state index is 0.0690. The van der Waals surface area contributed by atoms with Crippen LogP contribution in [0.1, 0.15) is 16.7 Å². The lowest BCUT2D eigenvalue weighted by Gasteiger charge is -2.18. The Kier molecular flexibility index (Phi) is 6.03. The first-order chi connectivity index (χ1) is 11.1. The van der Waals surface area contributed by atoms with Crippen LogP contribution in [0.25, 0.3) is 0 Å². The Bertz CT molecular complexity index is 655. The van der Waals surface area contributed by atoms with Crippen molar-refractivity contribution in [1.29, 1.82) is 0 Å². The molecule has 0 spiro atoms. The number of hydrogen-bond donors (Lipinski definition) is 1. The van der Waals surface area contributed by atoms with Crippen molar-refractivity contribution in [1.82, 2.24) is 10.2 Å². The number of ether oxygens (including phenoxy) is 1. The van der Waals surface area contributed by atoms with Crippen molar-refractivity contribution >= 4 is 6.03 Å². The zero-order valence-electron chi connectivity index (χ0n) is 14.0. The summed E-state index contributed by atoms with van der Waals surface area (Å²) in [5, 5.41) is 2.95. The second-order valence-electron chi connectivity index (χ2n) is 5.68. The molecule has 4 heteroatoms. The lowest BCUT2D eigenvalue weighted by molar-refractivity contribution is 0.207. The van der Waals surface area contributed by atoms with Gasteiger partial charge in [0.05, 0.1) is 7.11 Å². The van der Waals surface area contributed by atoms with E-state index in [9.17, 15) is 4.79 Å². The van der Waals surface area contributed by atoms with Gasteiger partial charge in [0.25, 0.3) is 0 Å². The lowest BCUT2D eigenvalue weighted by atomic mass is 10.1. The van der Waals surface area contributed by atoms with Crippen LogP contribution in [0.4, 0.5) is 4.79 Å². The van der Waals surface area contributed by atoms with Gasteiger partial charge in [-0.05, 0) is 36.6 Å². The Morgan fingerprint density at radius 2 is 1.87 bits per heavy atom. The number of methoxy groups -OCH3 is 1. The molecule has 0 aromatic heterocycles. The van der Waals surface area contributed by atoms with E-state index < -0.39 is 0 Å². The molecule has 2 amide bonds. The standard InChI is InChI=1S/C19H24N2O2/c1-15-6-4-7-16(12-15)10-11-20-19(22)21(2)14-17-8-5-9-18(13-17)23-3/h4-9,12-13H,10-11,14H2,1-3H3,(H,20,22). The van der Waals surface area contributed by atoms with Gasteiger partial charge in [-0.1, -0.05) is 42.0 Å². The van der Waals surface area contributed by atoms with Crippen LogP contribution in [0, 0.1) is 6.92 Å². The van der Waals surface area contributed by atoms with E-state index in [4.69, 9.17) is 4.74 Å². The van der Waals surface area contributed by atoms with Gasteiger partial charge in [0, 0.05) is 20.1 Å². The minimum Gasteiger partial charge on any atom is -0.497 e. The molecule has 2 aromatic rings. The van der Waals surface area contributed by atoms with Crippen molar-refractivity contribution in [2.75, 3.05) is 20.7 Å². The molecule has 0 aliphatic carbocycles. The van der Waals surface area contributed by atoms with Gasteiger partial charge in [0.1, 0.15) is 5.75 Å². The van der Waals surface area contributed by atoms with Crippen molar-refractivity contribution < 1.29 is 9.53 Å². The van der Waals surface area contributed by atoms with E-state index in [0.717, 1.165) is 17.7 Å². The van der Waals surface area contributed by atoms with Crippen molar-refractivity contribution in [2.45, 2.75) is 19.9 Å². The molecule has 122 valence electrons. The van der Waals surface area contributed by atoms with Crippen molar-refractivity contribution in [2.24, 2.45) is 0 Å². The number of carbonyl (C=O) groups is 1. The summed E-state index contributed by atoms with van der Waals surface area (Å²) in [6.07, 6.45) is 0.834. The monoisotopic (exact) mass is 312 g/mol. The number of benzene rings is 2. The summed E-state index contributed by atoms with van der Waals surface area (Å²) in [6.45, 7) is 3.25. The Labute approximate surface area is 138 Å². The lowest BCUT2D eigenvalue weighted by Crippen LogP contribution is -2.37. The maximum atomic E-state index is 12.1. The van der Waals surface area contributed by atoms with Gasteiger partial charge < -0.3 is 15.0 Å². The van der Waals surface area contributed by atoms with Crippen molar-refractivity contribution in [3.05, 3.63) is 65.2 Å². The van der Waals surface area contributed by atoms with Crippen LogP contribution in [0.15, 0.2) is 48.5 Å². The van der Waals surface area contributed by atoms with E-state index in [1.54, 1.807) is 19.1 Å². The fourth-order valence-corrected chi connectivity index (χ4v) is 2.43. The van der Waals surface area contributed by atoms with Crippen LogP contribution in [-0.2, 0) is 13.0 Å². The molecule has 0 heterocycles. The van der Waals surface area contributed by atoms with Crippen LogP contribution >= 0.6 is 0 Å². The first-order valence-corrected chi connectivity index (χ1v) is 7.76. The second-order valence-corrected chi connectivity index (χ2v) is 5.68. The van der Waals surface area contributed by atoms with E-state index in [2.05, 4.69) is 30.4 Å². The first kappa shape index (κ1) is 16.9. The number of nitrogens with one attached hydrogen (secondary N) is 1. The first-order valence-electron chi connectivity index (χ1n) is 7.76. The molecule has 0 fully saturated rings. The summed E-state index contributed by atoms with van der Waals surface area (Å²) in [5.74, 6) is 0.802. The molecule has 1 N–H and O–H groups in total. The third-order valence-corrected chi connectivity index (χ3v) is 3.67. The number of carbonyl (C=O) groups excluding carboxylic acids is 1. The number of aryl methyl sites for hydroxylation is 1. The molecule has 0 unspecified atom stereocenters. The highest BCUT2D eigenvalue weighted by atomic mass is 16.5. The number of urea groups is 1. The van der Waals surface area contributed by atoms with Gasteiger partial charge in [-0.3, -0.25) is 0 Å². The highest BCUT2D eigenvalue weighted by molar-refractivity contribution is 5.73. The van der Waals surface area contributed by atoms with Gasteiger partial charge in [0.2, 0.25) is 0 Å². The molecule has 0 saturated heterocycles. The number of hydrogen-bond acceptors (Lipinski definition) is 2. The van der Waals surface area contributed by atoms with E-state index in [1.807, 2.05) is 30.3 Å². The highest BCUT2D eigenvalue weighted by Gasteiger charge is 2.09. The fourth-order valence-electron chi connectivity index (χ4n) is 2.43. The predicted molar refractivity (Wildman–Crippen MR) is 92.7 cm³/mol. The summed E-state index contributed by atoms with van der Waals surface area (Å²) in [5.41, 5.74) is 3.52. The van der Waals surface area contributed by atoms with E-state index in [-0.39, 0.29) is 6.03 Å². The third kappa shape index (κ3) is 5.33. The fraction of sp³-hybridized carbons (Fsp3) is 0.316. The largest absolute Gasteiger partial charge is 0.497 e. The molecule has 23 heavy (non-hydrogen) atoms. The molecule has 2 aromatic carbocycles. The zero-order valence-corrected chi connectivity index (χ0v) is 14.0. The zero-order chi connectivity index (χ0) is 16.7. The summed E-state index contributed by atoms with van der Waals surface area (Å²) in [7, 11) is 3.43. The highest BCUT2D eigenvalue weighted by Crippen LogP contribution is 2.13. The van der Waals surface area contributed by atoms with E-state index in [1.165, 1.54) is 11.1 Å². The van der Waals surface area contributed by atoms with Gasteiger partial charge >= 0.3 is 6.03 Å². The van der Waals surface area contributed by atoms with Crippen molar-refractivity contribution in [3.8, 4) is 5.75 Å². The van der Waals surface area contributed by atoms with Crippen LogP contribution in [0.3, 0.4) is 0 Å². The molecular weight excluding hydrogens is 288 g/mol. The molecule has 0 aliphatic rings. The van der Waals surface area contributed by atoms with Crippen LogP contribution in [0.5, 0.6) is 5.75 Å². The van der Waals surface area contributed by atoms with Gasteiger partial charge in [-0.15, -0.1) is 0 Å². The Balaban J connectivity index is 1.80. The quantitative estimate of drug-likeness (QED) is 0.888. The molecule has 0 atom stereocenters. The number of amides is 2. The molecule has 4 nitrogen and oxygen atoms in total. The van der Waals surface area contributed by atoms with E-state index >= 15 is 0 Å². The summed E-state index contributed by atoms with van der Waals surface area (Å²) < 4.78 is 5.20. The maximum Gasteiger partial charge on any atom is 0.317 e. The minimum atomic E-state index is -0.0690. The Morgan fingerprint density at radius 3 is 2.61 bits per heavy atom. The summed E-state index contributed by atoms with van der Waals surface area (Å²) >= 11 is 0. The molecule has 0 aliphatic heterocycles. The SMILES string of the molecule is COc1cccc(CN(C)C(=O)NCCc2cccc(C)c2)c1. The number of rotatable bonds is 6. The van der Waals surface area contributed by atoms with Crippen LogP contribution in [0.2, 0.25) is 0 Å². The molecule has 2 rings (SSSR count). The topological polar surface area (TPSA) is 41.6 Å². The van der Waals surface area contributed by atoms with Gasteiger partial charge in [0.15, 0.2) is 0 Å².